The zero-order chi connectivity index (χ0) is 13.7. The van der Waals surface area contributed by atoms with Crippen molar-refractivity contribution in [3.63, 3.8) is 0 Å². The fourth-order valence-electron chi connectivity index (χ4n) is 1.98. The number of halogens is 2. The van der Waals surface area contributed by atoms with Crippen LogP contribution in [0.15, 0.2) is 18.2 Å². The number of hydrogen-bond acceptors (Lipinski definition) is 2. The van der Waals surface area contributed by atoms with E-state index in [9.17, 15) is 4.79 Å². The number of benzene rings is 1. The molecule has 1 heterocycles. The molecule has 1 atom stereocenters. The maximum absolute atomic E-state index is 12.1. The Kier molecular flexibility index (Phi) is 6.58. The van der Waals surface area contributed by atoms with E-state index < -0.39 is 0 Å². The van der Waals surface area contributed by atoms with Crippen LogP contribution in [0.3, 0.4) is 0 Å². The Bertz CT molecular complexity index is 427. The average Bonchev–Trinajstić information content (AvgIpc) is 2.38. The molecule has 5 heteroatoms. The van der Waals surface area contributed by atoms with Crippen molar-refractivity contribution >= 4 is 55.7 Å². The Morgan fingerprint density at radius 2 is 2.00 bits per heavy atom. The van der Waals surface area contributed by atoms with Gasteiger partial charge < -0.3 is 0 Å². The second-order valence-electron chi connectivity index (χ2n) is 4.50. The molecule has 1 nitrogen and oxygen atoms in total. The molecule has 1 aromatic rings. The topological polar surface area (TPSA) is 17.1 Å². The molecule has 0 radical (unpaired) electrons. The zero-order valence-electron chi connectivity index (χ0n) is 10.5. The number of ketones is 1. The van der Waals surface area contributed by atoms with Gasteiger partial charge >= 0.3 is 135 Å². The zero-order valence-corrected chi connectivity index (χ0v) is 14.6. The molecule has 2 rings (SSSR count). The molecule has 0 aliphatic carbocycles. The Hall–Kier alpha value is 0.339. The third kappa shape index (κ3) is 5.32. The molecule has 19 heavy (non-hydrogen) atoms. The summed E-state index contributed by atoms with van der Waals surface area (Å²) in [6.45, 7) is 0. The van der Waals surface area contributed by atoms with Gasteiger partial charge in [-0.1, -0.05) is 0 Å². The molecule has 1 aliphatic heterocycles. The quantitative estimate of drug-likeness (QED) is 0.531. The molecule has 1 unspecified atom stereocenters. The normalized spacial score (nSPS) is 19.4. The summed E-state index contributed by atoms with van der Waals surface area (Å²) >= 11 is 14.5. The van der Waals surface area contributed by atoms with Crippen LogP contribution in [0, 0.1) is 0 Å². The maximum atomic E-state index is 12.1. The van der Waals surface area contributed by atoms with E-state index in [0.717, 1.165) is 9.47 Å². The first-order valence-electron chi connectivity index (χ1n) is 6.37. The van der Waals surface area contributed by atoms with Gasteiger partial charge in [0.2, 0.25) is 0 Å². The van der Waals surface area contributed by atoms with Crippen LogP contribution in [0.25, 0.3) is 0 Å². The van der Waals surface area contributed by atoms with Gasteiger partial charge in [-0.25, -0.2) is 0 Å². The molecule has 0 N–H and O–H groups in total. The summed E-state index contributed by atoms with van der Waals surface area (Å²) in [5.41, 5.74) is 0.643. The first kappa shape index (κ1) is 15.7. The Balaban J connectivity index is 1.80. The average molecular weight is 382 g/mol. The van der Waals surface area contributed by atoms with E-state index >= 15 is 0 Å². The number of thioether (sulfide) groups is 1. The number of Topliss-reactive ketones (excluding diaryl/α,β-unsaturated/α-hetero) is 1. The predicted molar refractivity (Wildman–Crippen MR) is 86.1 cm³/mol. The van der Waals surface area contributed by atoms with E-state index in [0.29, 0.717) is 37.0 Å². The summed E-state index contributed by atoms with van der Waals surface area (Å²) in [6.07, 6.45) is 4.67. The Morgan fingerprint density at radius 3 is 2.63 bits per heavy atom. The van der Waals surface area contributed by atoms with Gasteiger partial charge in [-0.05, 0) is 0 Å². The molecule has 0 amide bonds. The van der Waals surface area contributed by atoms with Gasteiger partial charge in [-0.2, -0.15) is 0 Å². The first-order valence-corrected chi connectivity index (χ1v) is 10.4. The third-order valence-corrected chi connectivity index (χ3v) is 8.28. The third-order valence-electron chi connectivity index (χ3n) is 2.96. The van der Waals surface area contributed by atoms with E-state index in [2.05, 4.69) is 11.8 Å². The Labute approximate surface area is 135 Å². The molecule has 1 aliphatic rings. The summed E-state index contributed by atoms with van der Waals surface area (Å²) in [6, 6.07) is 5.07. The van der Waals surface area contributed by atoms with Crippen molar-refractivity contribution in [3.05, 3.63) is 33.8 Å². The fourth-order valence-corrected chi connectivity index (χ4v) is 7.17. The molecule has 0 spiro atoms. The molecule has 0 bridgehead atoms. The van der Waals surface area contributed by atoms with Crippen molar-refractivity contribution in [1.82, 2.24) is 0 Å². The van der Waals surface area contributed by atoms with E-state index in [1.807, 2.05) is 0 Å². The van der Waals surface area contributed by atoms with Crippen LogP contribution in [-0.4, -0.2) is 30.6 Å². The van der Waals surface area contributed by atoms with Crippen molar-refractivity contribution < 1.29 is 4.79 Å². The van der Waals surface area contributed by atoms with E-state index in [1.165, 1.54) is 25.0 Å². The van der Waals surface area contributed by atoms with Crippen LogP contribution in [-0.2, 0) is 0 Å². The standard InChI is InChI=1S/C14H16Cl2OSSe/c15-11-7-10(8-12(16)9-11)13(17)4-6-19-14-3-1-2-5-18-14/h7-9,14H,1-6H2. The number of hydrogen-bond donors (Lipinski definition) is 0. The SMILES string of the molecule is O=C(CC[Se]C1CCCCS1)c1cc(Cl)cc(Cl)c1. The number of carbonyl (C=O) groups is 1. The van der Waals surface area contributed by atoms with Crippen LogP contribution in [0.4, 0.5) is 0 Å². The summed E-state index contributed by atoms with van der Waals surface area (Å²) < 4.78 is 0.817. The van der Waals surface area contributed by atoms with Crippen LogP contribution < -0.4 is 0 Å². The van der Waals surface area contributed by atoms with Crippen molar-refractivity contribution in [1.29, 1.82) is 0 Å². The van der Waals surface area contributed by atoms with Gasteiger partial charge in [-0.15, -0.1) is 0 Å². The van der Waals surface area contributed by atoms with Gasteiger partial charge in [0.25, 0.3) is 0 Å². The van der Waals surface area contributed by atoms with Gasteiger partial charge in [0.05, 0.1) is 0 Å². The minimum absolute atomic E-state index is 0.159. The van der Waals surface area contributed by atoms with Crippen LogP contribution in [0.2, 0.25) is 15.4 Å². The van der Waals surface area contributed by atoms with Gasteiger partial charge in [0.1, 0.15) is 0 Å². The summed E-state index contributed by atoms with van der Waals surface area (Å²) in [7, 11) is 0. The summed E-state index contributed by atoms with van der Waals surface area (Å²) in [5, 5.41) is 2.08. The number of rotatable bonds is 5. The van der Waals surface area contributed by atoms with Crippen LogP contribution >= 0.6 is 35.0 Å². The van der Waals surface area contributed by atoms with Gasteiger partial charge in [0, 0.05) is 0 Å². The van der Waals surface area contributed by atoms with E-state index in [1.54, 1.807) is 18.2 Å². The first-order chi connectivity index (χ1) is 9.15. The van der Waals surface area contributed by atoms with Crippen molar-refractivity contribution in [2.24, 2.45) is 0 Å². The van der Waals surface area contributed by atoms with E-state index in [-0.39, 0.29) is 5.78 Å². The monoisotopic (exact) mass is 382 g/mol. The summed E-state index contributed by atoms with van der Waals surface area (Å²) in [5.74, 6) is 1.46. The van der Waals surface area contributed by atoms with Gasteiger partial charge in [-0.3, -0.25) is 0 Å². The fraction of sp³-hybridized carbons (Fsp3) is 0.500. The van der Waals surface area contributed by atoms with Crippen LogP contribution in [0.5, 0.6) is 0 Å². The van der Waals surface area contributed by atoms with Gasteiger partial charge in [0.15, 0.2) is 0 Å². The summed E-state index contributed by atoms with van der Waals surface area (Å²) in [4.78, 5) is 12.1. The molecular formula is C14H16Cl2OSSe. The minimum atomic E-state index is 0.159. The van der Waals surface area contributed by atoms with Crippen molar-refractivity contribution in [2.75, 3.05) is 5.75 Å². The van der Waals surface area contributed by atoms with Crippen molar-refractivity contribution in [2.45, 2.75) is 35.2 Å². The second-order valence-corrected chi connectivity index (χ2v) is 10.1. The molecule has 1 saturated heterocycles. The second kappa shape index (κ2) is 7.95. The van der Waals surface area contributed by atoms with Crippen LogP contribution in [0.1, 0.15) is 36.0 Å². The Morgan fingerprint density at radius 1 is 1.26 bits per heavy atom. The van der Waals surface area contributed by atoms with E-state index in [4.69, 9.17) is 23.2 Å². The molecule has 1 fully saturated rings. The molecule has 1 aromatic carbocycles. The number of carbonyl (C=O) groups excluding carboxylic acids is 1. The molecule has 0 saturated carbocycles. The van der Waals surface area contributed by atoms with Crippen molar-refractivity contribution in [3.8, 4) is 0 Å². The molecule has 0 aromatic heterocycles. The molecular weight excluding hydrogens is 366 g/mol. The predicted octanol–water partition coefficient (Wildman–Crippen LogP) is 4.93. The molecule has 104 valence electrons.